The van der Waals surface area contributed by atoms with Gasteiger partial charge in [0.05, 0.1) is 11.4 Å². The lowest BCUT2D eigenvalue weighted by atomic mass is 10.3. The molecule has 0 aliphatic heterocycles. The molecule has 0 radical (unpaired) electrons. The van der Waals surface area contributed by atoms with Crippen LogP contribution < -0.4 is 5.73 Å². The number of anilines is 1. The number of azo groups is 1. The van der Waals surface area contributed by atoms with Crippen LogP contribution in [0.2, 0.25) is 0 Å². The number of halogens is 1. The standard InChI is InChI=1S/C11H13N5O.ClH/c12-11-10(9(6-7-17)14-16-11)15-13-8-4-2-1-3-5-8;/h1-5,17H,6-7H2,(H3,12,14,16);1H. The predicted octanol–water partition coefficient (Wildman–Crippen LogP) is 2.36. The van der Waals surface area contributed by atoms with Gasteiger partial charge in [0.2, 0.25) is 0 Å². The van der Waals surface area contributed by atoms with Crippen molar-refractivity contribution in [3.8, 4) is 0 Å². The maximum Gasteiger partial charge on any atom is 0.150 e. The summed E-state index contributed by atoms with van der Waals surface area (Å²) in [4.78, 5) is 0. The first-order chi connectivity index (χ1) is 8.31. The second kappa shape index (κ2) is 6.73. The van der Waals surface area contributed by atoms with E-state index in [1.165, 1.54) is 0 Å². The molecule has 0 bridgehead atoms. The SMILES string of the molecule is Cl.Nc1[nH]nc(CCO)c1N=Nc1ccccc1. The third-order valence-electron chi connectivity index (χ3n) is 2.21. The van der Waals surface area contributed by atoms with E-state index in [2.05, 4.69) is 20.4 Å². The number of nitrogens with one attached hydrogen (secondary N) is 1. The van der Waals surface area contributed by atoms with Gasteiger partial charge in [0.1, 0.15) is 5.82 Å². The average molecular weight is 268 g/mol. The summed E-state index contributed by atoms with van der Waals surface area (Å²) in [6, 6.07) is 9.34. The number of benzene rings is 1. The molecule has 0 spiro atoms. The van der Waals surface area contributed by atoms with Crippen LogP contribution in [-0.2, 0) is 6.42 Å². The van der Waals surface area contributed by atoms with Crippen molar-refractivity contribution in [1.82, 2.24) is 10.2 Å². The number of nitrogen functional groups attached to an aromatic ring is 1. The van der Waals surface area contributed by atoms with Gasteiger partial charge in [0.25, 0.3) is 0 Å². The number of aromatic amines is 1. The summed E-state index contributed by atoms with van der Waals surface area (Å²) in [5.74, 6) is 0.355. The molecule has 0 saturated carbocycles. The Labute approximate surface area is 110 Å². The first-order valence-corrected chi connectivity index (χ1v) is 5.21. The Balaban J connectivity index is 0.00000162. The Kier molecular flexibility index (Phi) is 5.29. The molecular formula is C11H14ClN5O. The van der Waals surface area contributed by atoms with Crippen molar-refractivity contribution in [2.75, 3.05) is 12.3 Å². The van der Waals surface area contributed by atoms with Crippen molar-refractivity contribution in [3.05, 3.63) is 36.0 Å². The van der Waals surface area contributed by atoms with E-state index in [1.807, 2.05) is 30.3 Å². The zero-order valence-electron chi connectivity index (χ0n) is 9.58. The second-order valence-corrected chi connectivity index (χ2v) is 3.44. The molecule has 6 nitrogen and oxygen atoms in total. The molecule has 1 heterocycles. The van der Waals surface area contributed by atoms with Gasteiger partial charge in [-0.3, -0.25) is 5.10 Å². The maximum atomic E-state index is 8.87. The van der Waals surface area contributed by atoms with Crippen molar-refractivity contribution < 1.29 is 5.11 Å². The van der Waals surface area contributed by atoms with E-state index in [0.717, 1.165) is 5.69 Å². The maximum absolute atomic E-state index is 8.87. The van der Waals surface area contributed by atoms with Crippen LogP contribution in [0.5, 0.6) is 0 Å². The number of hydrogen-bond acceptors (Lipinski definition) is 5. The third-order valence-corrected chi connectivity index (χ3v) is 2.21. The summed E-state index contributed by atoms with van der Waals surface area (Å²) in [6.07, 6.45) is 0.400. The average Bonchev–Trinajstić information content (AvgIpc) is 2.70. The number of rotatable bonds is 4. The molecule has 0 saturated heterocycles. The minimum absolute atomic E-state index is 0. The Hall–Kier alpha value is -1.92. The van der Waals surface area contributed by atoms with Gasteiger partial charge < -0.3 is 10.8 Å². The van der Waals surface area contributed by atoms with Crippen LogP contribution in [0.3, 0.4) is 0 Å². The lowest BCUT2D eigenvalue weighted by Gasteiger charge is -1.94. The summed E-state index contributed by atoms with van der Waals surface area (Å²) < 4.78 is 0. The molecule has 1 aromatic heterocycles. The van der Waals surface area contributed by atoms with E-state index < -0.39 is 0 Å². The summed E-state index contributed by atoms with van der Waals surface area (Å²) in [5.41, 5.74) is 7.53. The largest absolute Gasteiger partial charge is 0.396 e. The lowest BCUT2D eigenvalue weighted by Crippen LogP contribution is -1.90. The molecule has 0 fully saturated rings. The van der Waals surface area contributed by atoms with Gasteiger partial charge in [-0.2, -0.15) is 10.2 Å². The van der Waals surface area contributed by atoms with Crippen LogP contribution in [0.4, 0.5) is 17.2 Å². The molecule has 1 aromatic carbocycles. The molecule has 0 aliphatic rings. The number of aliphatic hydroxyl groups is 1. The van der Waals surface area contributed by atoms with Crippen molar-refractivity contribution in [2.45, 2.75) is 6.42 Å². The molecule has 4 N–H and O–H groups in total. The number of nitrogens with zero attached hydrogens (tertiary/aromatic N) is 3. The van der Waals surface area contributed by atoms with Crippen LogP contribution in [0.1, 0.15) is 5.69 Å². The quantitative estimate of drug-likeness (QED) is 0.741. The summed E-state index contributed by atoms with van der Waals surface area (Å²) in [5, 5.41) is 23.6. The zero-order chi connectivity index (χ0) is 12.1. The fourth-order valence-corrected chi connectivity index (χ4v) is 1.38. The summed E-state index contributed by atoms with van der Waals surface area (Å²) in [6.45, 7) is -0.00184. The van der Waals surface area contributed by atoms with Crippen molar-refractivity contribution in [2.24, 2.45) is 10.2 Å². The molecule has 2 rings (SSSR count). The highest BCUT2D eigenvalue weighted by Crippen LogP contribution is 2.26. The highest BCUT2D eigenvalue weighted by Gasteiger charge is 2.09. The Morgan fingerprint density at radius 2 is 1.94 bits per heavy atom. The molecule has 0 aliphatic carbocycles. The van der Waals surface area contributed by atoms with Gasteiger partial charge in [-0.05, 0) is 12.1 Å². The smallest absolute Gasteiger partial charge is 0.150 e. The number of H-pyrrole nitrogens is 1. The van der Waals surface area contributed by atoms with Gasteiger partial charge >= 0.3 is 0 Å². The molecule has 0 unspecified atom stereocenters. The topological polar surface area (TPSA) is 99.7 Å². The summed E-state index contributed by atoms with van der Waals surface area (Å²) in [7, 11) is 0. The molecule has 2 aromatic rings. The molecule has 18 heavy (non-hydrogen) atoms. The summed E-state index contributed by atoms with van der Waals surface area (Å²) >= 11 is 0. The molecule has 96 valence electrons. The molecular weight excluding hydrogens is 254 g/mol. The number of hydrogen-bond donors (Lipinski definition) is 3. The number of aromatic nitrogens is 2. The normalized spacial score (nSPS) is 10.5. The third kappa shape index (κ3) is 3.28. The van der Waals surface area contributed by atoms with Gasteiger partial charge in [0.15, 0.2) is 5.69 Å². The van der Waals surface area contributed by atoms with Gasteiger partial charge in [-0.15, -0.1) is 17.5 Å². The van der Waals surface area contributed by atoms with E-state index in [9.17, 15) is 0 Å². The second-order valence-electron chi connectivity index (χ2n) is 3.44. The molecule has 0 atom stereocenters. The van der Waals surface area contributed by atoms with Gasteiger partial charge in [-0.25, -0.2) is 0 Å². The predicted molar refractivity (Wildman–Crippen MR) is 71.7 cm³/mol. The minimum Gasteiger partial charge on any atom is -0.396 e. The Morgan fingerprint density at radius 3 is 2.61 bits per heavy atom. The highest BCUT2D eigenvalue weighted by atomic mass is 35.5. The first kappa shape index (κ1) is 14.1. The van der Waals surface area contributed by atoms with Crippen LogP contribution in [-0.4, -0.2) is 21.9 Å². The van der Waals surface area contributed by atoms with E-state index in [1.54, 1.807) is 0 Å². The lowest BCUT2D eigenvalue weighted by molar-refractivity contribution is 0.298. The fraction of sp³-hybridized carbons (Fsp3) is 0.182. The van der Waals surface area contributed by atoms with Gasteiger partial charge in [-0.1, -0.05) is 18.2 Å². The van der Waals surface area contributed by atoms with Crippen LogP contribution in [0.25, 0.3) is 0 Å². The Morgan fingerprint density at radius 1 is 1.22 bits per heavy atom. The van der Waals surface area contributed by atoms with Crippen LogP contribution in [0, 0.1) is 0 Å². The highest BCUT2D eigenvalue weighted by molar-refractivity contribution is 5.85. The monoisotopic (exact) mass is 267 g/mol. The molecule has 7 heteroatoms. The van der Waals surface area contributed by atoms with E-state index in [-0.39, 0.29) is 19.0 Å². The minimum atomic E-state index is -0.00184. The van der Waals surface area contributed by atoms with E-state index in [4.69, 9.17) is 10.8 Å². The first-order valence-electron chi connectivity index (χ1n) is 5.21. The van der Waals surface area contributed by atoms with E-state index >= 15 is 0 Å². The van der Waals surface area contributed by atoms with Crippen molar-refractivity contribution >= 4 is 29.6 Å². The van der Waals surface area contributed by atoms with Gasteiger partial charge in [0, 0.05) is 13.0 Å². The number of nitrogens with two attached hydrogens (primary N) is 1. The van der Waals surface area contributed by atoms with Crippen LogP contribution in [0.15, 0.2) is 40.6 Å². The Bertz CT molecular complexity index is 511. The van der Waals surface area contributed by atoms with Crippen molar-refractivity contribution in [3.63, 3.8) is 0 Å². The molecule has 0 amide bonds. The zero-order valence-corrected chi connectivity index (χ0v) is 10.4. The van der Waals surface area contributed by atoms with Crippen molar-refractivity contribution in [1.29, 1.82) is 0 Å². The van der Waals surface area contributed by atoms with Crippen LogP contribution >= 0.6 is 12.4 Å². The van der Waals surface area contributed by atoms with E-state index in [0.29, 0.717) is 23.6 Å². The fourth-order valence-electron chi connectivity index (χ4n) is 1.38. The number of aliphatic hydroxyl groups excluding tert-OH is 1.